The zero-order chi connectivity index (χ0) is 23.0. The highest BCUT2D eigenvalue weighted by Crippen LogP contribution is 2.37. The van der Waals surface area contributed by atoms with Crippen LogP contribution < -0.4 is 19.5 Å². The van der Waals surface area contributed by atoms with Crippen molar-refractivity contribution in [2.45, 2.75) is 18.6 Å². The molecule has 5 rings (SSSR count). The molecule has 33 heavy (non-hydrogen) atoms. The van der Waals surface area contributed by atoms with Crippen LogP contribution in [0.1, 0.15) is 12.5 Å². The number of aliphatic hydroxyl groups is 1. The molecule has 0 spiro atoms. The van der Waals surface area contributed by atoms with E-state index in [1.54, 1.807) is 25.1 Å². The zero-order valence-electron chi connectivity index (χ0n) is 18.1. The van der Waals surface area contributed by atoms with Gasteiger partial charge in [0.25, 0.3) is 5.91 Å². The molecule has 0 aromatic heterocycles. The van der Waals surface area contributed by atoms with Gasteiger partial charge in [-0.2, -0.15) is 0 Å². The van der Waals surface area contributed by atoms with Crippen LogP contribution in [0, 0.1) is 0 Å². The van der Waals surface area contributed by atoms with E-state index in [9.17, 15) is 14.7 Å². The second-order valence-electron chi connectivity index (χ2n) is 8.30. The van der Waals surface area contributed by atoms with Crippen molar-refractivity contribution in [1.29, 1.82) is 0 Å². The lowest BCUT2D eigenvalue weighted by Gasteiger charge is -2.25. The molecule has 2 heterocycles. The van der Waals surface area contributed by atoms with Gasteiger partial charge < -0.3 is 24.6 Å². The minimum Gasteiger partial charge on any atom is -0.491 e. The van der Waals surface area contributed by atoms with E-state index in [1.807, 2.05) is 42.5 Å². The lowest BCUT2D eigenvalue weighted by atomic mass is 9.91. The normalized spacial score (nSPS) is 20.6. The Kier molecular flexibility index (Phi) is 5.30. The van der Waals surface area contributed by atoms with Gasteiger partial charge in [0.05, 0.1) is 6.54 Å². The van der Waals surface area contributed by atoms with Crippen LogP contribution in [0.5, 0.6) is 17.2 Å². The number of hydrogen-bond acceptors (Lipinski definition) is 6. The van der Waals surface area contributed by atoms with Gasteiger partial charge in [-0.25, -0.2) is 4.79 Å². The maximum Gasteiger partial charge on any atom is 0.325 e. The third kappa shape index (κ3) is 3.93. The highest BCUT2D eigenvalue weighted by Gasteiger charge is 2.49. The molecule has 3 aromatic rings. The van der Waals surface area contributed by atoms with E-state index in [0.29, 0.717) is 36.0 Å². The van der Waals surface area contributed by atoms with Crippen LogP contribution in [0.3, 0.4) is 0 Å². The first-order chi connectivity index (χ1) is 15.9. The van der Waals surface area contributed by atoms with E-state index in [4.69, 9.17) is 14.2 Å². The summed E-state index contributed by atoms with van der Waals surface area (Å²) in [5.41, 5.74) is -0.694. The number of hydrogen-bond donors (Lipinski definition) is 2. The van der Waals surface area contributed by atoms with Crippen molar-refractivity contribution in [2.24, 2.45) is 0 Å². The van der Waals surface area contributed by atoms with Crippen LogP contribution in [0.4, 0.5) is 4.79 Å². The van der Waals surface area contributed by atoms with Crippen LogP contribution in [0.25, 0.3) is 10.8 Å². The Hall–Kier alpha value is -3.78. The summed E-state index contributed by atoms with van der Waals surface area (Å²) in [7, 11) is 0. The molecule has 2 unspecified atom stereocenters. The minimum atomic E-state index is -1.27. The number of ether oxygens (including phenoxy) is 3. The number of nitrogens with one attached hydrogen (secondary N) is 1. The molecular weight excluding hydrogens is 424 g/mol. The summed E-state index contributed by atoms with van der Waals surface area (Å²) < 4.78 is 16.8. The van der Waals surface area contributed by atoms with Gasteiger partial charge in [0, 0.05) is 0 Å². The summed E-state index contributed by atoms with van der Waals surface area (Å²) >= 11 is 0. The first kappa shape index (κ1) is 21.1. The minimum absolute atomic E-state index is 0.0594. The Morgan fingerprint density at radius 3 is 2.61 bits per heavy atom. The fourth-order valence-corrected chi connectivity index (χ4v) is 4.13. The topological polar surface area (TPSA) is 97.3 Å². The number of imide groups is 1. The Morgan fingerprint density at radius 1 is 1.03 bits per heavy atom. The van der Waals surface area contributed by atoms with Gasteiger partial charge in [-0.3, -0.25) is 9.69 Å². The number of benzene rings is 3. The molecule has 2 N–H and O–H groups in total. The Bertz CT molecular complexity index is 1230. The molecule has 0 aliphatic carbocycles. The molecule has 3 amide bonds. The van der Waals surface area contributed by atoms with Gasteiger partial charge in [0.2, 0.25) is 0 Å². The van der Waals surface area contributed by atoms with Crippen LogP contribution in [0.2, 0.25) is 0 Å². The van der Waals surface area contributed by atoms with Crippen LogP contribution in [-0.2, 0) is 10.3 Å². The molecular formula is C25H24N2O6. The van der Waals surface area contributed by atoms with E-state index >= 15 is 0 Å². The van der Waals surface area contributed by atoms with Crippen molar-refractivity contribution >= 4 is 22.7 Å². The molecule has 8 nitrogen and oxygen atoms in total. The molecule has 2 aliphatic heterocycles. The fourth-order valence-electron chi connectivity index (χ4n) is 4.13. The SMILES string of the molecule is CC1(c2ccc3c(c2)OCCO3)NC(=O)N(CC(O)COc2ccc3ccccc3c2)C1=O. The van der Waals surface area contributed by atoms with Crippen molar-refractivity contribution in [3.05, 3.63) is 66.2 Å². The lowest BCUT2D eigenvalue weighted by Crippen LogP contribution is -2.42. The number of aliphatic hydroxyl groups excluding tert-OH is 1. The molecule has 2 aliphatic rings. The number of nitrogens with zero attached hydrogens (tertiary/aromatic N) is 1. The van der Waals surface area contributed by atoms with Crippen LogP contribution in [0.15, 0.2) is 60.7 Å². The Morgan fingerprint density at radius 2 is 1.79 bits per heavy atom. The van der Waals surface area contributed by atoms with Crippen molar-refractivity contribution < 1.29 is 28.9 Å². The molecule has 1 fully saturated rings. The lowest BCUT2D eigenvalue weighted by molar-refractivity contribution is -0.132. The standard InChI is InChI=1S/C25H24N2O6/c1-25(18-7-9-21-22(13-18)32-11-10-31-21)23(29)27(24(30)26-25)14-19(28)15-33-20-8-6-16-4-2-3-5-17(16)12-20/h2-9,12-13,19,28H,10-11,14-15H2,1H3,(H,26,30). The van der Waals surface area contributed by atoms with Gasteiger partial charge in [-0.15, -0.1) is 0 Å². The third-order valence-corrected chi connectivity index (χ3v) is 5.95. The number of fused-ring (bicyclic) bond motifs is 2. The molecule has 1 saturated heterocycles. The Labute approximate surface area is 190 Å². The number of urea groups is 1. The van der Waals surface area contributed by atoms with Crippen LogP contribution in [-0.4, -0.2) is 54.4 Å². The smallest absolute Gasteiger partial charge is 0.325 e. The van der Waals surface area contributed by atoms with Crippen molar-refractivity contribution in [3.8, 4) is 17.2 Å². The first-order valence-electron chi connectivity index (χ1n) is 10.8. The number of carbonyl (C=O) groups excluding carboxylic acids is 2. The average Bonchev–Trinajstić information content (AvgIpc) is 3.06. The van der Waals surface area contributed by atoms with E-state index in [0.717, 1.165) is 15.7 Å². The quantitative estimate of drug-likeness (QED) is 0.563. The highest BCUT2D eigenvalue weighted by atomic mass is 16.6. The van der Waals surface area contributed by atoms with Gasteiger partial charge in [0.1, 0.15) is 37.2 Å². The fraction of sp³-hybridized carbons (Fsp3) is 0.280. The number of amides is 3. The van der Waals surface area contributed by atoms with Gasteiger partial charge in [0.15, 0.2) is 11.5 Å². The Balaban J connectivity index is 1.25. The monoisotopic (exact) mass is 448 g/mol. The zero-order valence-corrected chi connectivity index (χ0v) is 18.1. The molecule has 0 saturated carbocycles. The summed E-state index contributed by atoms with van der Waals surface area (Å²) in [4.78, 5) is 26.8. The summed E-state index contributed by atoms with van der Waals surface area (Å²) in [6.45, 7) is 2.28. The van der Waals surface area contributed by atoms with Gasteiger partial charge in [-0.05, 0) is 47.5 Å². The molecule has 170 valence electrons. The maximum atomic E-state index is 13.2. The van der Waals surface area contributed by atoms with E-state index in [2.05, 4.69) is 5.32 Å². The summed E-state index contributed by atoms with van der Waals surface area (Å²) in [6.07, 6.45) is -1.05. The second-order valence-corrected chi connectivity index (χ2v) is 8.30. The first-order valence-corrected chi connectivity index (χ1v) is 10.8. The number of β-amino-alcohol motifs (C(OH)–C–C–N with tert-alkyl or cyclic N) is 1. The van der Waals surface area contributed by atoms with E-state index < -0.39 is 23.6 Å². The largest absolute Gasteiger partial charge is 0.491 e. The summed E-state index contributed by atoms with van der Waals surface area (Å²) in [5, 5.41) is 15.3. The van der Waals surface area contributed by atoms with E-state index in [1.165, 1.54) is 0 Å². The van der Waals surface area contributed by atoms with Gasteiger partial charge >= 0.3 is 6.03 Å². The molecule has 3 aromatic carbocycles. The second kappa shape index (κ2) is 8.29. The van der Waals surface area contributed by atoms with Crippen molar-refractivity contribution in [2.75, 3.05) is 26.4 Å². The predicted octanol–water partition coefficient (Wildman–Crippen LogP) is 2.82. The average molecular weight is 448 g/mol. The molecule has 2 atom stereocenters. The molecule has 0 radical (unpaired) electrons. The summed E-state index contributed by atoms with van der Waals surface area (Å²) in [6, 6.07) is 18.1. The van der Waals surface area contributed by atoms with Crippen LogP contribution >= 0.6 is 0 Å². The van der Waals surface area contributed by atoms with Crippen molar-refractivity contribution in [3.63, 3.8) is 0 Å². The molecule has 0 bridgehead atoms. The van der Waals surface area contributed by atoms with Crippen molar-refractivity contribution in [1.82, 2.24) is 10.2 Å². The predicted molar refractivity (Wildman–Crippen MR) is 120 cm³/mol. The van der Waals surface area contributed by atoms with E-state index in [-0.39, 0.29) is 13.2 Å². The number of rotatable bonds is 6. The van der Waals surface area contributed by atoms with Gasteiger partial charge in [-0.1, -0.05) is 36.4 Å². The number of carbonyl (C=O) groups is 2. The highest BCUT2D eigenvalue weighted by molar-refractivity contribution is 6.07. The molecule has 8 heteroatoms. The third-order valence-electron chi connectivity index (χ3n) is 5.95. The maximum absolute atomic E-state index is 13.2. The summed E-state index contributed by atoms with van der Waals surface area (Å²) in [5.74, 6) is 1.28.